The number of aromatic nitrogens is 2. The van der Waals surface area contributed by atoms with Crippen LogP contribution in [0.4, 0.5) is 11.8 Å². The molecule has 0 spiro atoms. The van der Waals surface area contributed by atoms with Crippen LogP contribution in [0.1, 0.15) is 38.7 Å². The van der Waals surface area contributed by atoms with Gasteiger partial charge >= 0.3 is 0 Å². The highest BCUT2D eigenvalue weighted by Crippen LogP contribution is 2.34. The largest absolute Gasteiger partial charge is 0.365 e. The second-order valence-electron chi connectivity index (χ2n) is 4.79. The molecular weight excluding hydrogens is 200 g/mol. The van der Waals surface area contributed by atoms with Crippen LogP contribution >= 0.6 is 0 Å². The summed E-state index contributed by atoms with van der Waals surface area (Å²) in [5, 5.41) is 6.67. The smallest absolute Gasteiger partial charge is 0.224 e. The molecule has 1 aliphatic rings. The Morgan fingerprint density at radius 3 is 2.75 bits per heavy atom. The molecule has 0 atom stereocenters. The lowest BCUT2D eigenvalue weighted by Gasteiger charge is -2.40. The molecule has 0 bridgehead atoms. The average Bonchev–Trinajstić information content (AvgIpc) is 2.21. The number of rotatable bonds is 4. The minimum absolute atomic E-state index is 0.239. The number of hydrogen-bond donors (Lipinski definition) is 2. The Morgan fingerprint density at radius 2 is 2.19 bits per heavy atom. The fourth-order valence-corrected chi connectivity index (χ4v) is 1.93. The van der Waals surface area contributed by atoms with E-state index in [4.69, 9.17) is 0 Å². The van der Waals surface area contributed by atoms with Gasteiger partial charge in [0.1, 0.15) is 5.82 Å². The Morgan fingerprint density at radius 1 is 1.44 bits per heavy atom. The Bertz CT molecular complexity index is 371. The lowest BCUT2D eigenvalue weighted by Crippen LogP contribution is -2.42. The van der Waals surface area contributed by atoms with E-state index >= 15 is 0 Å². The van der Waals surface area contributed by atoms with Crippen LogP contribution in [0.5, 0.6) is 0 Å². The zero-order chi connectivity index (χ0) is 11.6. The maximum Gasteiger partial charge on any atom is 0.224 e. The molecule has 2 N–H and O–H groups in total. The lowest BCUT2D eigenvalue weighted by atomic mass is 9.78. The van der Waals surface area contributed by atoms with Crippen LogP contribution in [0.3, 0.4) is 0 Å². The SMILES string of the molecule is CCNc1ncc(C)c(NC2(C)CCC2)n1. The fraction of sp³-hybridized carbons (Fsp3) is 0.667. The van der Waals surface area contributed by atoms with Crippen molar-refractivity contribution in [2.75, 3.05) is 17.2 Å². The third kappa shape index (κ3) is 2.26. The quantitative estimate of drug-likeness (QED) is 0.818. The van der Waals surface area contributed by atoms with Crippen LogP contribution in [-0.4, -0.2) is 22.1 Å². The van der Waals surface area contributed by atoms with E-state index in [1.165, 1.54) is 19.3 Å². The van der Waals surface area contributed by atoms with Gasteiger partial charge in [-0.3, -0.25) is 0 Å². The predicted molar refractivity (Wildman–Crippen MR) is 66.8 cm³/mol. The molecule has 0 aliphatic heterocycles. The maximum atomic E-state index is 4.50. The first kappa shape index (κ1) is 11.2. The molecule has 1 aromatic rings. The van der Waals surface area contributed by atoms with Gasteiger partial charge in [-0.15, -0.1) is 0 Å². The van der Waals surface area contributed by atoms with Crippen LogP contribution in [-0.2, 0) is 0 Å². The van der Waals surface area contributed by atoms with Crippen molar-refractivity contribution < 1.29 is 0 Å². The van der Waals surface area contributed by atoms with Crippen LogP contribution in [0.15, 0.2) is 6.20 Å². The average molecular weight is 220 g/mol. The van der Waals surface area contributed by atoms with Crippen molar-refractivity contribution in [3.05, 3.63) is 11.8 Å². The van der Waals surface area contributed by atoms with E-state index in [2.05, 4.69) is 27.5 Å². The van der Waals surface area contributed by atoms with Crippen molar-refractivity contribution in [2.24, 2.45) is 0 Å². The lowest BCUT2D eigenvalue weighted by molar-refractivity contribution is 0.305. The highest BCUT2D eigenvalue weighted by molar-refractivity contribution is 5.48. The van der Waals surface area contributed by atoms with Crippen LogP contribution in [0, 0.1) is 6.92 Å². The van der Waals surface area contributed by atoms with Gasteiger partial charge in [0.05, 0.1) is 0 Å². The van der Waals surface area contributed by atoms with Crippen molar-refractivity contribution in [3.63, 3.8) is 0 Å². The van der Waals surface area contributed by atoms with Crippen LogP contribution in [0.2, 0.25) is 0 Å². The van der Waals surface area contributed by atoms with Gasteiger partial charge in [-0.1, -0.05) is 0 Å². The summed E-state index contributed by atoms with van der Waals surface area (Å²) in [6.45, 7) is 7.19. The van der Waals surface area contributed by atoms with E-state index in [1.807, 2.05) is 20.0 Å². The van der Waals surface area contributed by atoms with Crippen molar-refractivity contribution in [3.8, 4) is 0 Å². The van der Waals surface area contributed by atoms with Crippen LogP contribution in [0.25, 0.3) is 0 Å². The third-order valence-corrected chi connectivity index (χ3v) is 3.18. The molecule has 0 amide bonds. The summed E-state index contributed by atoms with van der Waals surface area (Å²) in [5.41, 5.74) is 1.34. The highest BCUT2D eigenvalue weighted by atomic mass is 15.2. The molecule has 2 rings (SSSR count). The Kier molecular flexibility index (Phi) is 2.99. The zero-order valence-electron chi connectivity index (χ0n) is 10.3. The summed E-state index contributed by atoms with van der Waals surface area (Å²) in [7, 11) is 0. The first-order valence-electron chi connectivity index (χ1n) is 5.99. The fourth-order valence-electron chi connectivity index (χ4n) is 1.93. The molecule has 0 radical (unpaired) electrons. The van der Waals surface area contributed by atoms with Gasteiger partial charge in [0, 0.05) is 23.8 Å². The van der Waals surface area contributed by atoms with Crippen molar-refractivity contribution in [2.45, 2.75) is 45.6 Å². The summed E-state index contributed by atoms with van der Waals surface area (Å²) in [5.74, 6) is 1.67. The Balaban J connectivity index is 2.15. The summed E-state index contributed by atoms with van der Waals surface area (Å²) < 4.78 is 0. The van der Waals surface area contributed by atoms with Gasteiger partial charge in [0.15, 0.2) is 0 Å². The first-order chi connectivity index (χ1) is 7.63. The van der Waals surface area contributed by atoms with Crippen LogP contribution < -0.4 is 10.6 Å². The Labute approximate surface area is 96.9 Å². The maximum absolute atomic E-state index is 4.50. The topological polar surface area (TPSA) is 49.8 Å². The second-order valence-corrected chi connectivity index (χ2v) is 4.79. The van der Waals surface area contributed by atoms with E-state index in [0.717, 1.165) is 17.9 Å². The summed E-state index contributed by atoms with van der Waals surface area (Å²) in [4.78, 5) is 8.74. The molecule has 0 saturated heterocycles. The summed E-state index contributed by atoms with van der Waals surface area (Å²) >= 11 is 0. The number of nitrogens with zero attached hydrogens (tertiary/aromatic N) is 2. The number of hydrogen-bond acceptors (Lipinski definition) is 4. The van der Waals surface area contributed by atoms with Gasteiger partial charge in [-0.25, -0.2) is 4.98 Å². The minimum Gasteiger partial charge on any atom is -0.365 e. The molecule has 16 heavy (non-hydrogen) atoms. The molecule has 4 nitrogen and oxygen atoms in total. The first-order valence-corrected chi connectivity index (χ1v) is 5.99. The third-order valence-electron chi connectivity index (χ3n) is 3.18. The zero-order valence-corrected chi connectivity index (χ0v) is 10.3. The summed E-state index contributed by atoms with van der Waals surface area (Å²) in [6, 6.07) is 0. The minimum atomic E-state index is 0.239. The van der Waals surface area contributed by atoms with Crippen molar-refractivity contribution in [1.29, 1.82) is 0 Å². The standard InChI is InChI=1S/C12H20N4/c1-4-13-11-14-8-9(2)10(15-11)16-12(3)6-5-7-12/h8H,4-7H2,1-3H3,(H2,13,14,15,16). The molecule has 4 heteroatoms. The second kappa shape index (κ2) is 4.28. The van der Waals surface area contributed by atoms with Gasteiger partial charge in [0.25, 0.3) is 0 Å². The highest BCUT2D eigenvalue weighted by Gasteiger charge is 2.32. The molecule has 0 aromatic carbocycles. The molecule has 1 heterocycles. The molecule has 1 aromatic heterocycles. The van der Waals surface area contributed by atoms with E-state index in [0.29, 0.717) is 5.95 Å². The summed E-state index contributed by atoms with van der Waals surface area (Å²) in [6.07, 6.45) is 5.64. The van der Waals surface area contributed by atoms with Gasteiger partial charge in [-0.2, -0.15) is 4.98 Å². The monoisotopic (exact) mass is 220 g/mol. The molecule has 0 unspecified atom stereocenters. The Hall–Kier alpha value is -1.32. The van der Waals surface area contributed by atoms with Crippen molar-refractivity contribution >= 4 is 11.8 Å². The van der Waals surface area contributed by atoms with Crippen molar-refractivity contribution in [1.82, 2.24) is 9.97 Å². The van der Waals surface area contributed by atoms with E-state index in [9.17, 15) is 0 Å². The van der Waals surface area contributed by atoms with E-state index in [-0.39, 0.29) is 5.54 Å². The molecule has 88 valence electrons. The van der Waals surface area contributed by atoms with E-state index in [1.54, 1.807) is 0 Å². The van der Waals surface area contributed by atoms with Gasteiger partial charge in [-0.05, 0) is 40.0 Å². The van der Waals surface area contributed by atoms with Gasteiger partial charge < -0.3 is 10.6 Å². The number of anilines is 2. The predicted octanol–water partition coefficient (Wildman–Crippen LogP) is 2.57. The number of nitrogens with one attached hydrogen (secondary N) is 2. The van der Waals surface area contributed by atoms with E-state index < -0.39 is 0 Å². The number of aryl methyl sites for hydroxylation is 1. The molecule has 1 saturated carbocycles. The van der Waals surface area contributed by atoms with Gasteiger partial charge in [0.2, 0.25) is 5.95 Å². The molecular formula is C12H20N4. The molecule has 1 aliphatic carbocycles. The normalized spacial score (nSPS) is 17.7. The molecule has 1 fully saturated rings.